The molecule has 2 N–H and O–H groups in total. The highest BCUT2D eigenvalue weighted by molar-refractivity contribution is 5.96. The molecule has 1 heterocycles. The number of nitro groups is 1. The van der Waals surface area contributed by atoms with Crippen LogP contribution < -0.4 is 5.32 Å². The molecule has 1 aromatic rings. The van der Waals surface area contributed by atoms with E-state index in [-0.39, 0.29) is 23.0 Å². The highest BCUT2D eigenvalue weighted by atomic mass is 16.6. The first-order chi connectivity index (χ1) is 8.99. The number of para-hydroxylation sites is 1. The Morgan fingerprint density at radius 2 is 2.32 bits per heavy atom. The molecule has 7 nitrogen and oxygen atoms in total. The number of hydrogen-bond donors (Lipinski definition) is 2. The van der Waals surface area contributed by atoms with E-state index in [9.17, 15) is 14.9 Å². The van der Waals surface area contributed by atoms with Gasteiger partial charge in [-0.2, -0.15) is 0 Å². The number of carbonyl (C=O) groups is 1. The average molecular weight is 265 g/mol. The van der Waals surface area contributed by atoms with E-state index in [1.165, 1.54) is 18.2 Å². The van der Waals surface area contributed by atoms with Gasteiger partial charge in [0.15, 0.2) is 0 Å². The smallest absolute Gasteiger partial charge is 0.338 e. The second-order valence-corrected chi connectivity index (χ2v) is 4.65. The Morgan fingerprint density at radius 1 is 1.58 bits per heavy atom. The first-order valence-electron chi connectivity index (χ1n) is 5.95. The van der Waals surface area contributed by atoms with Crippen molar-refractivity contribution in [1.29, 1.82) is 0 Å². The van der Waals surface area contributed by atoms with Gasteiger partial charge < -0.3 is 15.3 Å². The number of carboxylic acid groups (broad SMARTS) is 1. The standard InChI is InChI=1S/C12H15N3O4/c1-14-6-5-8(7-14)13-11-9(12(16)17)3-2-4-10(11)15(18)19/h2-4,8,13H,5-7H2,1H3,(H,16,17). The van der Waals surface area contributed by atoms with E-state index in [0.717, 1.165) is 19.5 Å². The Balaban J connectivity index is 2.35. The van der Waals surface area contributed by atoms with Crippen LogP contribution in [0.15, 0.2) is 18.2 Å². The van der Waals surface area contributed by atoms with Crippen molar-refractivity contribution in [2.45, 2.75) is 12.5 Å². The molecule has 0 spiro atoms. The molecule has 0 amide bonds. The van der Waals surface area contributed by atoms with Gasteiger partial charge >= 0.3 is 5.97 Å². The highest BCUT2D eigenvalue weighted by Gasteiger charge is 2.26. The third kappa shape index (κ3) is 2.82. The fraction of sp³-hybridized carbons (Fsp3) is 0.417. The van der Waals surface area contributed by atoms with Gasteiger partial charge in [-0.15, -0.1) is 0 Å². The third-order valence-corrected chi connectivity index (χ3v) is 3.21. The van der Waals surface area contributed by atoms with Gasteiger partial charge in [0, 0.05) is 18.7 Å². The van der Waals surface area contributed by atoms with Crippen molar-refractivity contribution in [2.75, 3.05) is 25.5 Å². The molecule has 19 heavy (non-hydrogen) atoms. The van der Waals surface area contributed by atoms with Gasteiger partial charge in [-0.1, -0.05) is 6.07 Å². The number of aromatic carboxylic acids is 1. The second kappa shape index (κ2) is 5.23. The second-order valence-electron chi connectivity index (χ2n) is 4.65. The van der Waals surface area contributed by atoms with Crippen molar-refractivity contribution in [2.24, 2.45) is 0 Å². The number of carboxylic acids is 1. The van der Waals surface area contributed by atoms with E-state index < -0.39 is 10.9 Å². The molecule has 2 rings (SSSR count). The first kappa shape index (κ1) is 13.3. The number of benzene rings is 1. The minimum Gasteiger partial charge on any atom is -0.478 e. The number of hydrogen-bond acceptors (Lipinski definition) is 5. The topological polar surface area (TPSA) is 95.7 Å². The van der Waals surface area contributed by atoms with Crippen molar-refractivity contribution in [3.63, 3.8) is 0 Å². The SMILES string of the molecule is CN1CCC(Nc2c(C(=O)O)cccc2[N+](=O)[O-])C1. The summed E-state index contributed by atoms with van der Waals surface area (Å²) in [5.41, 5.74) is -0.168. The Hall–Kier alpha value is -2.15. The summed E-state index contributed by atoms with van der Waals surface area (Å²) in [5.74, 6) is -1.17. The maximum atomic E-state index is 11.2. The molecule has 1 atom stereocenters. The van der Waals surface area contributed by atoms with E-state index in [4.69, 9.17) is 5.11 Å². The highest BCUT2D eigenvalue weighted by Crippen LogP contribution is 2.30. The van der Waals surface area contributed by atoms with Crippen molar-refractivity contribution < 1.29 is 14.8 Å². The molecule has 0 aromatic heterocycles. The number of nitro benzene ring substituents is 1. The van der Waals surface area contributed by atoms with Crippen LogP contribution in [0.5, 0.6) is 0 Å². The van der Waals surface area contributed by atoms with Crippen molar-refractivity contribution in [1.82, 2.24) is 4.90 Å². The molecule has 1 aliphatic rings. The van der Waals surface area contributed by atoms with Gasteiger partial charge in [0.05, 0.1) is 10.5 Å². The quantitative estimate of drug-likeness (QED) is 0.631. The number of likely N-dealkylation sites (N-methyl/N-ethyl adjacent to an activating group) is 1. The molecule has 0 saturated carbocycles. The van der Waals surface area contributed by atoms with E-state index in [0.29, 0.717) is 0 Å². The zero-order valence-corrected chi connectivity index (χ0v) is 10.5. The van der Waals surface area contributed by atoms with Gasteiger partial charge in [-0.25, -0.2) is 4.79 Å². The van der Waals surface area contributed by atoms with Crippen LogP contribution in [0, 0.1) is 10.1 Å². The average Bonchev–Trinajstić information content (AvgIpc) is 2.74. The molecule has 1 unspecified atom stereocenters. The van der Waals surface area contributed by atoms with Gasteiger partial charge in [0.25, 0.3) is 5.69 Å². The molecule has 1 aliphatic heterocycles. The van der Waals surface area contributed by atoms with Crippen molar-refractivity contribution >= 4 is 17.3 Å². The van der Waals surface area contributed by atoms with E-state index >= 15 is 0 Å². The third-order valence-electron chi connectivity index (χ3n) is 3.21. The predicted molar refractivity (Wildman–Crippen MR) is 69.6 cm³/mol. The number of nitrogens with one attached hydrogen (secondary N) is 1. The minimum atomic E-state index is -1.17. The minimum absolute atomic E-state index is 0.0317. The van der Waals surface area contributed by atoms with Crippen LogP contribution in [-0.2, 0) is 0 Å². The fourth-order valence-corrected chi connectivity index (χ4v) is 2.28. The molecule has 0 aliphatic carbocycles. The Labute approximate surface area is 110 Å². The summed E-state index contributed by atoms with van der Waals surface area (Å²) in [4.78, 5) is 23.7. The lowest BCUT2D eigenvalue weighted by Gasteiger charge is -2.16. The van der Waals surface area contributed by atoms with Crippen LogP contribution in [0.1, 0.15) is 16.8 Å². The lowest BCUT2D eigenvalue weighted by Crippen LogP contribution is -2.25. The lowest BCUT2D eigenvalue weighted by molar-refractivity contribution is -0.384. The Morgan fingerprint density at radius 3 is 2.84 bits per heavy atom. The monoisotopic (exact) mass is 265 g/mol. The van der Waals surface area contributed by atoms with Crippen LogP contribution in [-0.4, -0.2) is 47.1 Å². The molecule has 0 radical (unpaired) electrons. The number of rotatable bonds is 4. The van der Waals surface area contributed by atoms with Crippen LogP contribution in [0.4, 0.5) is 11.4 Å². The van der Waals surface area contributed by atoms with Crippen LogP contribution in [0.3, 0.4) is 0 Å². The summed E-state index contributed by atoms with van der Waals surface area (Å²) in [5, 5.41) is 23.1. The summed E-state index contributed by atoms with van der Waals surface area (Å²) in [6, 6.07) is 4.10. The van der Waals surface area contributed by atoms with E-state index in [1.54, 1.807) is 0 Å². The maximum absolute atomic E-state index is 11.2. The maximum Gasteiger partial charge on any atom is 0.338 e. The predicted octanol–water partition coefficient (Wildman–Crippen LogP) is 1.41. The molecule has 1 fully saturated rings. The summed E-state index contributed by atoms with van der Waals surface area (Å²) < 4.78 is 0. The van der Waals surface area contributed by atoms with Crippen molar-refractivity contribution in [3.8, 4) is 0 Å². The number of anilines is 1. The number of likely N-dealkylation sites (tertiary alicyclic amines) is 1. The molecular weight excluding hydrogens is 250 g/mol. The molecule has 1 aromatic carbocycles. The fourth-order valence-electron chi connectivity index (χ4n) is 2.28. The molecule has 102 valence electrons. The summed E-state index contributed by atoms with van der Waals surface area (Å²) in [6.45, 7) is 1.63. The summed E-state index contributed by atoms with van der Waals surface area (Å²) >= 11 is 0. The Kier molecular flexibility index (Phi) is 3.66. The van der Waals surface area contributed by atoms with Gasteiger partial charge in [0.1, 0.15) is 5.69 Å². The van der Waals surface area contributed by atoms with Gasteiger partial charge in [0.2, 0.25) is 0 Å². The Bertz CT molecular complexity index is 485. The normalized spacial score (nSPS) is 19.3. The summed E-state index contributed by atoms with van der Waals surface area (Å²) in [7, 11) is 1.96. The van der Waals surface area contributed by atoms with Crippen LogP contribution >= 0.6 is 0 Å². The molecule has 0 bridgehead atoms. The molecule has 1 saturated heterocycles. The van der Waals surface area contributed by atoms with Gasteiger partial charge in [-0.05, 0) is 26.1 Å². The van der Waals surface area contributed by atoms with Crippen LogP contribution in [0.25, 0.3) is 0 Å². The lowest BCUT2D eigenvalue weighted by atomic mass is 10.1. The molecule has 7 heteroatoms. The largest absolute Gasteiger partial charge is 0.478 e. The van der Waals surface area contributed by atoms with Crippen molar-refractivity contribution in [3.05, 3.63) is 33.9 Å². The zero-order valence-electron chi connectivity index (χ0n) is 10.5. The van der Waals surface area contributed by atoms with Crippen LogP contribution in [0.2, 0.25) is 0 Å². The number of nitrogens with zero attached hydrogens (tertiary/aromatic N) is 2. The first-order valence-corrected chi connectivity index (χ1v) is 5.95. The summed E-state index contributed by atoms with van der Waals surface area (Å²) in [6.07, 6.45) is 0.835. The van der Waals surface area contributed by atoms with E-state index in [1.807, 2.05) is 7.05 Å². The molecular formula is C12H15N3O4. The van der Waals surface area contributed by atoms with E-state index in [2.05, 4.69) is 10.2 Å². The van der Waals surface area contributed by atoms with Gasteiger partial charge in [-0.3, -0.25) is 10.1 Å². The zero-order chi connectivity index (χ0) is 14.0.